The third-order valence-electron chi connectivity index (χ3n) is 1.79. The van der Waals surface area contributed by atoms with Gasteiger partial charge in [-0.25, -0.2) is 0 Å². The highest BCUT2D eigenvalue weighted by atomic mass is 32.2. The average molecular weight is 157 g/mol. The van der Waals surface area contributed by atoms with Gasteiger partial charge in [0.1, 0.15) is 0 Å². The lowest BCUT2D eigenvalue weighted by Gasteiger charge is -2.24. The van der Waals surface area contributed by atoms with Gasteiger partial charge in [0, 0.05) is 12.3 Å². The summed E-state index contributed by atoms with van der Waals surface area (Å²) >= 11 is 1.84. The van der Waals surface area contributed by atoms with Gasteiger partial charge in [-0.2, -0.15) is 17.0 Å². The summed E-state index contributed by atoms with van der Waals surface area (Å²) in [5.74, 6) is 2.22. The van der Waals surface area contributed by atoms with Crippen LogP contribution in [0.4, 0.5) is 0 Å². The van der Waals surface area contributed by atoms with E-state index in [4.69, 9.17) is 5.26 Å². The van der Waals surface area contributed by atoms with Gasteiger partial charge in [0.2, 0.25) is 0 Å². The molecule has 10 heavy (non-hydrogen) atoms. The molecule has 1 N–H and O–H groups in total. The van der Waals surface area contributed by atoms with Gasteiger partial charge in [-0.1, -0.05) is 0 Å². The fraction of sp³-hybridized carbons (Fsp3) is 0.857. The van der Waals surface area contributed by atoms with Gasteiger partial charge in [-0.3, -0.25) is 0 Å². The molecule has 0 bridgehead atoms. The molecule has 1 saturated heterocycles. The minimum absolute atomic E-state index is 0.221. The molecule has 0 aliphatic carbocycles. The second kappa shape index (κ2) is 3.85. The highest BCUT2D eigenvalue weighted by molar-refractivity contribution is 7.99. The zero-order valence-corrected chi connectivity index (χ0v) is 6.60. The molecule has 0 unspecified atom stereocenters. The highest BCUT2D eigenvalue weighted by Gasteiger charge is 2.22. The third-order valence-corrected chi connectivity index (χ3v) is 2.98. The van der Waals surface area contributed by atoms with Gasteiger partial charge < -0.3 is 5.11 Å². The maximum Gasteiger partial charge on any atom is 0.0626 e. The van der Waals surface area contributed by atoms with Crippen molar-refractivity contribution in [2.24, 2.45) is 5.92 Å². The molecular weight excluding hydrogens is 146 g/mol. The van der Waals surface area contributed by atoms with Crippen molar-refractivity contribution >= 4 is 11.8 Å². The molecule has 0 saturated carbocycles. The molecule has 1 aliphatic rings. The minimum Gasteiger partial charge on any atom is -0.393 e. The molecule has 0 aromatic carbocycles. The van der Waals surface area contributed by atoms with E-state index in [0.29, 0.717) is 6.42 Å². The van der Waals surface area contributed by atoms with Crippen molar-refractivity contribution in [3.8, 4) is 6.07 Å². The smallest absolute Gasteiger partial charge is 0.0626 e. The molecule has 1 fully saturated rings. The standard InChI is InChI=1S/C7H11NOS/c8-3-1-6-5-10-4-2-7(6)9/h6-7,9H,1-2,4-5H2/t6-,7+/m0/s1. The topological polar surface area (TPSA) is 44.0 Å². The van der Waals surface area contributed by atoms with Crippen molar-refractivity contribution in [1.29, 1.82) is 5.26 Å². The molecule has 0 amide bonds. The highest BCUT2D eigenvalue weighted by Crippen LogP contribution is 2.24. The van der Waals surface area contributed by atoms with Crippen LogP contribution in [0.3, 0.4) is 0 Å². The van der Waals surface area contributed by atoms with E-state index in [1.165, 1.54) is 0 Å². The third kappa shape index (κ3) is 1.89. The van der Waals surface area contributed by atoms with E-state index >= 15 is 0 Å². The molecule has 0 aromatic rings. The molecule has 56 valence electrons. The Balaban J connectivity index is 2.34. The summed E-state index contributed by atoms with van der Waals surface area (Å²) in [5.41, 5.74) is 0. The second-order valence-corrected chi connectivity index (χ2v) is 3.70. The molecule has 1 rings (SSSR count). The summed E-state index contributed by atoms with van der Waals surface area (Å²) in [4.78, 5) is 0. The zero-order chi connectivity index (χ0) is 7.40. The SMILES string of the molecule is N#CC[C@H]1CSCC[C@H]1O. The minimum atomic E-state index is -0.221. The van der Waals surface area contributed by atoms with Crippen molar-refractivity contribution in [3.63, 3.8) is 0 Å². The summed E-state index contributed by atoms with van der Waals surface area (Å²) in [5, 5.41) is 17.7. The van der Waals surface area contributed by atoms with E-state index in [0.717, 1.165) is 17.9 Å². The van der Waals surface area contributed by atoms with Gasteiger partial charge in [0.15, 0.2) is 0 Å². The molecule has 0 spiro atoms. The number of aliphatic hydroxyl groups is 1. The van der Waals surface area contributed by atoms with Gasteiger partial charge in [0.25, 0.3) is 0 Å². The maximum absolute atomic E-state index is 9.34. The molecule has 2 atom stereocenters. The van der Waals surface area contributed by atoms with Crippen LogP contribution in [0.15, 0.2) is 0 Å². The van der Waals surface area contributed by atoms with Crippen LogP contribution in [0.25, 0.3) is 0 Å². The van der Waals surface area contributed by atoms with Crippen LogP contribution in [-0.4, -0.2) is 22.7 Å². The summed E-state index contributed by atoms with van der Waals surface area (Å²) < 4.78 is 0. The largest absolute Gasteiger partial charge is 0.393 e. The molecule has 2 nitrogen and oxygen atoms in total. The van der Waals surface area contributed by atoms with Crippen LogP contribution in [0.1, 0.15) is 12.8 Å². The maximum atomic E-state index is 9.34. The summed E-state index contributed by atoms with van der Waals surface area (Å²) in [6.45, 7) is 0. The number of thioether (sulfide) groups is 1. The first-order chi connectivity index (χ1) is 4.84. The second-order valence-electron chi connectivity index (χ2n) is 2.55. The first kappa shape index (κ1) is 7.90. The predicted octanol–water partition coefficient (Wildman–Crippen LogP) is 1.01. The molecule has 3 heteroatoms. The lowest BCUT2D eigenvalue weighted by molar-refractivity contribution is 0.114. The van der Waals surface area contributed by atoms with Gasteiger partial charge >= 0.3 is 0 Å². The van der Waals surface area contributed by atoms with Gasteiger partial charge in [-0.05, 0) is 17.9 Å². The number of rotatable bonds is 1. The Morgan fingerprint density at radius 1 is 1.70 bits per heavy atom. The Kier molecular flexibility index (Phi) is 3.04. The van der Waals surface area contributed by atoms with Crippen LogP contribution in [0.2, 0.25) is 0 Å². The summed E-state index contributed by atoms with van der Waals surface area (Å²) in [6.07, 6.45) is 1.14. The van der Waals surface area contributed by atoms with Gasteiger partial charge in [0.05, 0.1) is 12.2 Å². The molecule has 0 radical (unpaired) electrons. The monoisotopic (exact) mass is 157 g/mol. The van der Waals surface area contributed by atoms with Crippen LogP contribution in [-0.2, 0) is 0 Å². The number of hydrogen-bond donors (Lipinski definition) is 1. The zero-order valence-electron chi connectivity index (χ0n) is 5.79. The fourth-order valence-electron chi connectivity index (χ4n) is 1.10. The lowest BCUT2D eigenvalue weighted by atomic mass is 9.99. The quantitative estimate of drug-likeness (QED) is 0.618. The fourth-order valence-corrected chi connectivity index (χ4v) is 2.32. The number of hydrogen-bond acceptors (Lipinski definition) is 3. The Morgan fingerprint density at radius 2 is 2.50 bits per heavy atom. The summed E-state index contributed by atoms with van der Waals surface area (Å²) in [7, 11) is 0. The van der Waals surface area contributed by atoms with Gasteiger partial charge in [-0.15, -0.1) is 0 Å². The van der Waals surface area contributed by atoms with E-state index in [1.807, 2.05) is 11.8 Å². The Morgan fingerprint density at radius 3 is 3.10 bits per heavy atom. The van der Waals surface area contributed by atoms with Crippen molar-refractivity contribution in [2.45, 2.75) is 18.9 Å². The first-order valence-corrected chi connectivity index (χ1v) is 4.63. The Bertz CT molecular complexity index is 143. The molecular formula is C7H11NOS. The van der Waals surface area contributed by atoms with Crippen LogP contribution >= 0.6 is 11.8 Å². The number of aliphatic hydroxyl groups excluding tert-OH is 1. The van der Waals surface area contributed by atoms with E-state index in [-0.39, 0.29) is 12.0 Å². The van der Waals surface area contributed by atoms with Crippen molar-refractivity contribution < 1.29 is 5.11 Å². The normalized spacial score (nSPS) is 33.2. The number of nitriles is 1. The Labute approximate surface area is 65.2 Å². The predicted molar refractivity (Wildman–Crippen MR) is 41.7 cm³/mol. The van der Waals surface area contributed by atoms with E-state index in [2.05, 4.69) is 6.07 Å². The molecule has 1 heterocycles. The van der Waals surface area contributed by atoms with Crippen LogP contribution in [0.5, 0.6) is 0 Å². The van der Waals surface area contributed by atoms with E-state index in [9.17, 15) is 5.11 Å². The molecule has 0 aromatic heterocycles. The van der Waals surface area contributed by atoms with Crippen molar-refractivity contribution in [3.05, 3.63) is 0 Å². The van der Waals surface area contributed by atoms with E-state index in [1.54, 1.807) is 0 Å². The first-order valence-electron chi connectivity index (χ1n) is 3.47. The van der Waals surface area contributed by atoms with E-state index < -0.39 is 0 Å². The van der Waals surface area contributed by atoms with Crippen LogP contribution < -0.4 is 0 Å². The number of nitrogens with zero attached hydrogens (tertiary/aromatic N) is 1. The summed E-state index contributed by atoms with van der Waals surface area (Å²) in [6, 6.07) is 2.09. The lowest BCUT2D eigenvalue weighted by Crippen LogP contribution is -2.27. The van der Waals surface area contributed by atoms with Crippen molar-refractivity contribution in [1.82, 2.24) is 0 Å². The van der Waals surface area contributed by atoms with Crippen molar-refractivity contribution in [2.75, 3.05) is 11.5 Å². The Hall–Kier alpha value is -0.200. The van der Waals surface area contributed by atoms with Crippen LogP contribution in [0, 0.1) is 17.2 Å². The molecule has 1 aliphatic heterocycles. The average Bonchev–Trinajstić information content (AvgIpc) is 1.94.